The van der Waals surface area contributed by atoms with Gasteiger partial charge in [-0.25, -0.2) is 6.07 Å². The molecule has 0 fully saturated rings. The zero-order valence-electron chi connectivity index (χ0n) is 7.19. The van der Waals surface area contributed by atoms with Crippen LogP contribution in [0.15, 0.2) is 0 Å². The molecule has 3 heteroatoms. The van der Waals surface area contributed by atoms with Crippen molar-refractivity contribution >= 4 is 32.1 Å². The van der Waals surface area contributed by atoms with Crippen molar-refractivity contribution in [2.75, 3.05) is 0 Å². The summed E-state index contributed by atoms with van der Waals surface area (Å²) in [6.07, 6.45) is 0. The first-order valence-electron chi connectivity index (χ1n) is 3.57. The second kappa shape index (κ2) is 3.59. The summed E-state index contributed by atoms with van der Waals surface area (Å²) in [5.74, 6) is 0. The van der Waals surface area contributed by atoms with Gasteiger partial charge in [-0.15, -0.1) is 19.8 Å². The van der Waals surface area contributed by atoms with Gasteiger partial charge in [-0.05, 0) is 18.7 Å². The Hall–Kier alpha value is 0.322. The number of rotatable bonds is 0. The van der Waals surface area contributed by atoms with E-state index < -0.39 is 0 Å². The van der Waals surface area contributed by atoms with Crippen molar-refractivity contribution in [1.82, 2.24) is 0 Å². The normalized spacial score (nSPS) is 10.2. The molecule has 65 valence electrons. The first-order chi connectivity index (χ1) is 5.18. The molecule has 0 aliphatic carbocycles. The molecule has 2 rings (SSSR count). The average molecular weight is 368 g/mol. The van der Waals surface area contributed by atoms with Crippen LogP contribution in [0.25, 0.3) is 9.40 Å². The Bertz CT molecular complexity index is 398. The molecule has 0 saturated heterocycles. The SMILES string of the molecule is Cc1[c-]c2sc(C)c(C)c2s1.[Re]. The quantitative estimate of drug-likeness (QED) is 0.623. The van der Waals surface area contributed by atoms with Crippen molar-refractivity contribution in [3.8, 4) is 0 Å². The minimum absolute atomic E-state index is 0. The van der Waals surface area contributed by atoms with Gasteiger partial charge < -0.3 is 0 Å². The summed E-state index contributed by atoms with van der Waals surface area (Å²) in [6.45, 7) is 6.49. The van der Waals surface area contributed by atoms with Crippen LogP contribution in [-0.2, 0) is 20.4 Å². The first kappa shape index (κ1) is 10.4. The minimum Gasteiger partial charge on any atom is -0.261 e. The molecule has 0 aromatic carbocycles. The molecule has 0 amide bonds. The van der Waals surface area contributed by atoms with Gasteiger partial charge in [0.25, 0.3) is 0 Å². The minimum atomic E-state index is 0. The fourth-order valence-corrected chi connectivity index (χ4v) is 3.45. The Morgan fingerprint density at radius 1 is 1.08 bits per heavy atom. The number of aryl methyl sites for hydroxylation is 3. The summed E-state index contributed by atoms with van der Waals surface area (Å²) in [4.78, 5) is 2.73. The Kier molecular flexibility index (Phi) is 3.12. The second-order valence-corrected chi connectivity index (χ2v) is 5.17. The van der Waals surface area contributed by atoms with Gasteiger partial charge in [-0.3, -0.25) is 11.3 Å². The van der Waals surface area contributed by atoms with E-state index in [1.807, 2.05) is 22.7 Å². The third-order valence-corrected chi connectivity index (χ3v) is 4.25. The third kappa shape index (κ3) is 1.52. The molecule has 0 spiro atoms. The number of fused-ring (bicyclic) bond motifs is 1. The Morgan fingerprint density at radius 2 is 1.75 bits per heavy atom. The monoisotopic (exact) mass is 368 g/mol. The summed E-state index contributed by atoms with van der Waals surface area (Å²) >= 11 is 3.71. The number of thiophene rings is 2. The number of hydrogen-bond acceptors (Lipinski definition) is 2. The van der Waals surface area contributed by atoms with Crippen LogP contribution in [0.4, 0.5) is 0 Å². The van der Waals surface area contributed by atoms with Gasteiger partial charge in [-0.1, -0.05) is 6.92 Å². The largest absolute Gasteiger partial charge is 0.261 e. The molecule has 2 heterocycles. The molecule has 1 radical (unpaired) electrons. The van der Waals surface area contributed by atoms with Gasteiger partial charge in [0.1, 0.15) is 0 Å². The molecule has 0 unspecified atom stereocenters. The predicted octanol–water partition coefficient (Wildman–Crippen LogP) is 3.69. The van der Waals surface area contributed by atoms with Crippen molar-refractivity contribution in [1.29, 1.82) is 0 Å². The van der Waals surface area contributed by atoms with Crippen LogP contribution in [0.1, 0.15) is 15.3 Å². The Balaban J connectivity index is 0.000000720. The maximum Gasteiger partial charge on any atom is 0 e. The van der Waals surface area contributed by atoms with E-state index in [2.05, 4.69) is 26.8 Å². The van der Waals surface area contributed by atoms with Gasteiger partial charge in [0.15, 0.2) is 0 Å². The van der Waals surface area contributed by atoms with Crippen molar-refractivity contribution < 1.29 is 20.4 Å². The fourth-order valence-electron chi connectivity index (χ4n) is 1.15. The smallest absolute Gasteiger partial charge is 0 e. The topological polar surface area (TPSA) is 0 Å². The molecule has 0 aliphatic heterocycles. The maximum atomic E-state index is 3.36. The van der Waals surface area contributed by atoms with Crippen LogP contribution in [0.3, 0.4) is 0 Å². The molecule has 0 atom stereocenters. The molecular formula is C9H9ReS2-. The van der Waals surface area contributed by atoms with E-state index in [4.69, 9.17) is 0 Å². The standard InChI is InChI=1S/C9H9S2.Re/c1-5-4-8-9(10-5)6(2)7(3)11-8;/h1-3H3;/q-1;. The van der Waals surface area contributed by atoms with E-state index in [0.717, 1.165) is 0 Å². The molecule has 0 saturated carbocycles. The summed E-state index contributed by atoms with van der Waals surface area (Å²) < 4.78 is 2.77. The first-order valence-corrected chi connectivity index (χ1v) is 5.20. The van der Waals surface area contributed by atoms with Crippen molar-refractivity contribution in [2.24, 2.45) is 0 Å². The van der Waals surface area contributed by atoms with Gasteiger partial charge in [0.05, 0.1) is 0 Å². The summed E-state index contributed by atoms with van der Waals surface area (Å²) in [5.41, 5.74) is 1.44. The van der Waals surface area contributed by atoms with E-state index in [9.17, 15) is 0 Å². The van der Waals surface area contributed by atoms with Crippen LogP contribution in [0, 0.1) is 26.8 Å². The van der Waals surface area contributed by atoms with Crippen LogP contribution >= 0.6 is 22.7 Å². The van der Waals surface area contributed by atoms with E-state index in [1.165, 1.54) is 24.7 Å². The third-order valence-electron chi connectivity index (χ3n) is 1.87. The summed E-state index contributed by atoms with van der Waals surface area (Å²) in [5, 5.41) is 0. The zero-order valence-corrected chi connectivity index (χ0v) is 11.5. The van der Waals surface area contributed by atoms with Crippen molar-refractivity contribution in [2.45, 2.75) is 20.8 Å². The molecule has 2 aromatic heterocycles. The zero-order chi connectivity index (χ0) is 8.01. The van der Waals surface area contributed by atoms with Crippen LogP contribution in [0.5, 0.6) is 0 Å². The summed E-state index contributed by atoms with van der Waals surface area (Å²) in [7, 11) is 0. The van der Waals surface area contributed by atoms with Gasteiger partial charge in [0.2, 0.25) is 0 Å². The molecule has 12 heavy (non-hydrogen) atoms. The number of hydrogen-bond donors (Lipinski definition) is 0. The van der Waals surface area contributed by atoms with Gasteiger partial charge in [-0.2, -0.15) is 11.3 Å². The fraction of sp³-hybridized carbons (Fsp3) is 0.333. The van der Waals surface area contributed by atoms with Gasteiger partial charge in [0, 0.05) is 20.4 Å². The van der Waals surface area contributed by atoms with Crippen LogP contribution < -0.4 is 0 Å². The molecule has 0 nitrogen and oxygen atoms in total. The van der Waals surface area contributed by atoms with E-state index >= 15 is 0 Å². The molecular weight excluding hydrogens is 358 g/mol. The summed E-state index contributed by atoms with van der Waals surface area (Å²) in [6, 6.07) is 3.36. The van der Waals surface area contributed by atoms with Crippen LogP contribution in [0.2, 0.25) is 0 Å². The van der Waals surface area contributed by atoms with Crippen molar-refractivity contribution in [3.05, 3.63) is 21.4 Å². The Labute approximate surface area is 94.3 Å². The van der Waals surface area contributed by atoms with Crippen molar-refractivity contribution in [3.63, 3.8) is 0 Å². The maximum absolute atomic E-state index is 3.36. The van der Waals surface area contributed by atoms with E-state index in [-0.39, 0.29) is 20.4 Å². The average Bonchev–Trinajstić information content (AvgIpc) is 2.37. The molecule has 0 bridgehead atoms. The van der Waals surface area contributed by atoms with Crippen LogP contribution in [-0.4, -0.2) is 0 Å². The second-order valence-electron chi connectivity index (χ2n) is 2.72. The molecule has 0 aliphatic rings. The van der Waals surface area contributed by atoms with E-state index in [1.54, 1.807) is 0 Å². The Morgan fingerprint density at radius 3 is 2.33 bits per heavy atom. The molecule has 2 aromatic rings. The predicted molar refractivity (Wildman–Crippen MR) is 52.7 cm³/mol. The van der Waals surface area contributed by atoms with E-state index in [0.29, 0.717) is 0 Å². The molecule has 0 N–H and O–H groups in total. The van der Waals surface area contributed by atoms with Gasteiger partial charge >= 0.3 is 0 Å².